The average Bonchev–Trinajstić information content (AvgIpc) is 2.65. The molecule has 1 aromatic rings. The Kier molecular flexibility index (Phi) is 3.74. The first-order valence-electron chi connectivity index (χ1n) is 6.03. The summed E-state index contributed by atoms with van der Waals surface area (Å²) in [5.41, 5.74) is 0.329. The van der Waals surface area contributed by atoms with Crippen LogP contribution < -0.4 is 0 Å². The van der Waals surface area contributed by atoms with Gasteiger partial charge in [-0.2, -0.15) is 0 Å². The molecule has 0 amide bonds. The maximum Gasteiger partial charge on any atom is 0.509 e. The topological polar surface area (TPSA) is 61.8 Å². The minimum atomic E-state index is -0.907. The lowest BCUT2D eigenvalue weighted by molar-refractivity contribution is -0.146. The number of cyclic esters (lactones) is 1. The predicted molar refractivity (Wildman–Crippen MR) is 66.2 cm³/mol. The molecule has 0 radical (unpaired) electrons. The SMILES string of the molecule is CC1(C)COC(=O)C1OC(=O)OCc1ccccc1. The van der Waals surface area contributed by atoms with Crippen molar-refractivity contribution in [2.45, 2.75) is 26.6 Å². The second-order valence-electron chi connectivity index (χ2n) is 5.12. The van der Waals surface area contributed by atoms with E-state index in [4.69, 9.17) is 14.2 Å². The minimum Gasteiger partial charge on any atom is -0.462 e. The van der Waals surface area contributed by atoms with Gasteiger partial charge in [0.05, 0.1) is 0 Å². The summed E-state index contributed by atoms with van der Waals surface area (Å²) in [6, 6.07) is 9.24. The Morgan fingerprint density at radius 3 is 2.63 bits per heavy atom. The molecule has 0 spiro atoms. The number of carbonyl (C=O) groups excluding carboxylic acids is 2. The van der Waals surface area contributed by atoms with E-state index in [1.807, 2.05) is 30.3 Å². The zero-order valence-electron chi connectivity index (χ0n) is 10.9. The molecule has 1 unspecified atom stereocenters. The molecule has 5 nitrogen and oxygen atoms in total. The third-order valence-electron chi connectivity index (χ3n) is 2.92. The zero-order valence-corrected chi connectivity index (χ0v) is 10.9. The Bertz CT molecular complexity index is 466. The predicted octanol–water partition coefficient (Wildman–Crippen LogP) is 2.29. The lowest BCUT2D eigenvalue weighted by Crippen LogP contribution is -2.35. The Balaban J connectivity index is 1.86. The van der Waals surface area contributed by atoms with Crippen LogP contribution >= 0.6 is 0 Å². The molecule has 0 bridgehead atoms. The van der Waals surface area contributed by atoms with E-state index in [1.54, 1.807) is 13.8 Å². The molecule has 1 saturated heterocycles. The van der Waals surface area contributed by atoms with Crippen LogP contribution in [-0.4, -0.2) is 24.8 Å². The van der Waals surface area contributed by atoms with Crippen molar-refractivity contribution in [3.8, 4) is 0 Å². The minimum absolute atomic E-state index is 0.113. The number of hydrogen-bond acceptors (Lipinski definition) is 5. The van der Waals surface area contributed by atoms with E-state index in [0.717, 1.165) is 5.56 Å². The van der Waals surface area contributed by atoms with Crippen molar-refractivity contribution in [1.29, 1.82) is 0 Å². The first-order valence-corrected chi connectivity index (χ1v) is 6.03. The summed E-state index contributed by atoms with van der Waals surface area (Å²) in [6.45, 7) is 3.95. The van der Waals surface area contributed by atoms with E-state index in [1.165, 1.54) is 0 Å². The quantitative estimate of drug-likeness (QED) is 0.784. The van der Waals surface area contributed by atoms with Crippen molar-refractivity contribution in [2.24, 2.45) is 5.41 Å². The third kappa shape index (κ3) is 3.24. The van der Waals surface area contributed by atoms with Crippen LogP contribution in [-0.2, 0) is 25.6 Å². The Hall–Kier alpha value is -2.04. The molecule has 0 aliphatic carbocycles. The molecule has 19 heavy (non-hydrogen) atoms. The summed E-state index contributed by atoms with van der Waals surface area (Å²) in [6.07, 6.45) is -1.77. The van der Waals surface area contributed by atoms with Gasteiger partial charge in [-0.25, -0.2) is 9.59 Å². The highest BCUT2D eigenvalue weighted by Gasteiger charge is 2.46. The number of esters is 1. The van der Waals surface area contributed by atoms with Gasteiger partial charge in [-0.3, -0.25) is 0 Å². The molecule has 1 atom stereocenters. The van der Waals surface area contributed by atoms with Gasteiger partial charge in [0.2, 0.25) is 6.10 Å². The maximum absolute atomic E-state index is 11.6. The molecule has 0 saturated carbocycles. The largest absolute Gasteiger partial charge is 0.509 e. The number of rotatable bonds is 3. The number of carbonyl (C=O) groups is 2. The van der Waals surface area contributed by atoms with E-state index in [2.05, 4.69) is 0 Å². The Morgan fingerprint density at radius 1 is 1.37 bits per heavy atom. The summed E-state index contributed by atoms with van der Waals surface area (Å²) < 4.78 is 14.9. The second-order valence-corrected chi connectivity index (χ2v) is 5.12. The standard InChI is InChI=1S/C14H16O5/c1-14(2)9-18-12(15)11(14)19-13(16)17-8-10-6-4-3-5-7-10/h3-7,11H,8-9H2,1-2H3. The second kappa shape index (κ2) is 5.30. The van der Waals surface area contributed by atoms with Crippen molar-refractivity contribution in [3.63, 3.8) is 0 Å². The molecule has 102 valence electrons. The van der Waals surface area contributed by atoms with Crippen LogP contribution in [0.5, 0.6) is 0 Å². The normalized spacial score (nSPS) is 20.7. The fraction of sp³-hybridized carbons (Fsp3) is 0.429. The van der Waals surface area contributed by atoms with Crippen LogP contribution in [0.3, 0.4) is 0 Å². The highest BCUT2D eigenvalue weighted by atomic mass is 16.7. The van der Waals surface area contributed by atoms with Gasteiger partial charge in [-0.15, -0.1) is 0 Å². The van der Waals surface area contributed by atoms with Crippen LogP contribution in [0.25, 0.3) is 0 Å². The summed E-state index contributed by atoms with van der Waals surface area (Å²) in [4.78, 5) is 23.0. The highest BCUT2D eigenvalue weighted by Crippen LogP contribution is 2.31. The molecule has 0 N–H and O–H groups in total. The molecule has 1 aromatic carbocycles. The van der Waals surface area contributed by atoms with Crippen molar-refractivity contribution in [1.82, 2.24) is 0 Å². The molecule has 1 aliphatic rings. The Labute approximate surface area is 111 Å². The summed E-state index contributed by atoms with van der Waals surface area (Å²) in [5, 5.41) is 0. The van der Waals surface area contributed by atoms with Gasteiger partial charge in [0.1, 0.15) is 13.2 Å². The van der Waals surface area contributed by atoms with Crippen molar-refractivity contribution >= 4 is 12.1 Å². The zero-order chi connectivity index (χ0) is 13.9. The van der Waals surface area contributed by atoms with Gasteiger partial charge in [0.15, 0.2) is 0 Å². The summed E-state index contributed by atoms with van der Waals surface area (Å²) in [7, 11) is 0. The smallest absolute Gasteiger partial charge is 0.462 e. The fourth-order valence-corrected chi connectivity index (χ4v) is 1.78. The molecule has 2 rings (SSSR count). The molecule has 0 aromatic heterocycles. The number of benzene rings is 1. The maximum atomic E-state index is 11.6. The summed E-state index contributed by atoms with van der Waals surface area (Å²) in [5.74, 6) is -0.526. The van der Waals surface area contributed by atoms with Crippen LogP contribution in [0.1, 0.15) is 19.4 Å². The van der Waals surface area contributed by atoms with E-state index in [0.29, 0.717) is 0 Å². The molecular weight excluding hydrogens is 248 g/mol. The first kappa shape index (κ1) is 13.4. The molecule has 1 heterocycles. The van der Waals surface area contributed by atoms with Crippen LogP contribution in [0, 0.1) is 5.41 Å². The van der Waals surface area contributed by atoms with Gasteiger partial charge < -0.3 is 14.2 Å². The van der Waals surface area contributed by atoms with Gasteiger partial charge in [0.25, 0.3) is 0 Å². The van der Waals surface area contributed by atoms with Gasteiger partial charge in [-0.1, -0.05) is 44.2 Å². The van der Waals surface area contributed by atoms with Crippen LogP contribution in [0.4, 0.5) is 4.79 Å². The lowest BCUT2D eigenvalue weighted by atomic mass is 9.90. The van der Waals surface area contributed by atoms with Crippen LogP contribution in [0.15, 0.2) is 30.3 Å². The molecule has 5 heteroatoms. The highest BCUT2D eigenvalue weighted by molar-refractivity contribution is 5.80. The van der Waals surface area contributed by atoms with Gasteiger partial charge >= 0.3 is 12.1 Å². The molecule has 1 fully saturated rings. The van der Waals surface area contributed by atoms with E-state index in [9.17, 15) is 9.59 Å². The summed E-state index contributed by atoms with van der Waals surface area (Å²) >= 11 is 0. The molecule has 1 aliphatic heterocycles. The number of ether oxygens (including phenoxy) is 3. The lowest BCUT2D eigenvalue weighted by Gasteiger charge is -2.21. The number of hydrogen-bond donors (Lipinski definition) is 0. The third-order valence-corrected chi connectivity index (χ3v) is 2.92. The van der Waals surface area contributed by atoms with E-state index < -0.39 is 23.6 Å². The Morgan fingerprint density at radius 2 is 2.05 bits per heavy atom. The van der Waals surface area contributed by atoms with Crippen molar-refractivity contribution < 1.29 is 23.8 Å². The fourth-order valence-electron chi connectivity index (χ4n) is 1.78. The van der Waals surface area contributed by atoms with Crippen molar-refractivity contribution in [2.75, 3.05) is 6.61 Å². The van der Waals surface area contributed by atoms with Crippen molar-refractivity contribution in [3.05, 3.63) is 35.9 Å². The monoisotopic (exact) mass is 264 g/mol. The first-order chi connectivity index (χ1) is 8.99. The van der Waals surface area contributed by atoms with E-state index in [-0.39, 0.29) is 13.2 Å². The average molecular weight is 264 g/mol. The van der Waals surface area contributed by atoms with Gasteiger partial charge in [0, 0.05) is 5.41 Å². The van der Waals surface area contributed by atoms with Gasteiger partial charge in [-0.05, 0) is 5.56 Å². The molecular formula is C14H16O5. The van der Waals surface area contributed by atoms with E-state index >= 15 is 0 Å². The van der Waals surface area contributed by atoms with Crippen LogP contribution in [0.2, 0.25) is 0 Å².